The SMILES string of the molecule is CC(C)Oc1ccc(C(C)(NC2CCCC2)C(=O)O)cc1. The van der Waals surface area contributed by atoms with Crippen LogP contribution in [0.5, 0.6) is 5.75 Å². The third kappa shape index (κ3) is 3.76. The van der Waals surface area contributed by atoms with Crippen LogP contribution in [0.3, 0.4) is 0 Å². The third-order valence-electron chi connectivity index (χ3n) is 4.08. The number of hydrogen-bond acceptors (Lipinski definition) is 3. The second-order valence-corrected chi connectivity index (χ2v) is 6.25. The summed E-state index contributed by atoms with van der Waals surface area (Å²) in [5, 5.41) is 13.0. The van der Waals surface area contributed by atoms with Crippen molar-refractivity contribution in [3.8, 4) is 5.75 Å². The summed E-state index contributed by atoms with van der Waals surface area (Å²) in [6.45, 7) is 5.68. The van der Waals surface area contributed by atoms with Crippen molar-refractivity contribution in [2.45, 2.75) is 64.1 Å². The predicted molar refractivity (Wildman–Crippen MR) is 82.6 cm³/mol. The van der Waals surface area contributed by atoms with Crippen molar-refractivity contribution >= 4 is 5.97 Å². The number of carboxylic acid groups (broad SMARTS) is 1. The Labute approximate surface area is 126 Å². The fraction of sp³-hybridized carbons (Fsp3) is 0.588. The van der Waals surface area contributed by atoms with E-state index in [1.54, 1.807) is 6.92 Å². The van der Waals surface area contributed by atoms with Crippen molar-refractivity contribution in [2.75, 3.05) is 0 Å². The average Bonchev–Trinajstić information content (AvgIpc) is 2.91. The number of benzene rings is 1. The first kappa shape index (κ1) is 15.8. The Bertz CT molecular complexity index is 477. The van der Waals surface area contributed by atoms with E-state index in [0.29, 0.717) is 0 Å². The molecular weight excluding hydrogens is 266 g/mol. The normalized spacial score (nSPS) is 18.7. The number of carbonyl (C=O) groups is 1. The molecule has 2 N–H and O–H groups in total. The summed E-state index contributed by atoms with van der Waals surface area (Å²) >= 11 is 0. The fourth-order valence-electron chi connectivity index (χ4n) is 2.89. The molecule has 0 saturated heterocycles. The van der Waals surface area contributed by atoms with Crippen LogP contribution < -0.4 is 10.1 Å². The van der Waals surface area contributed by atoms with Gasteiger partial charge in [0.05, 0.1) is 6.10 Å². The summed E-state index contributed by atoms with van der Waals surface area (Å²) in [5.74, 6) is -0.0747. The van der Waals surface area contributed by atoms with Crippen LogP contribution in [0.2, 0.25) is 0 Å². The first-order valence-corrected chi connectivity index (χ1v) is 7.70. The minimum atomic E-state index is -1.05. The van der Waals surface area contributed by atoms with Gasteiger partial charge in [-0.05, 0) is 51.3 Å². The van der Waals surface area contributed by atoms with Gasteiger partial charge >= 0.3 is 5.97 Å². The van der Waals surface area contributed by atoms with Crippen molar-refractivity contribution in [3.63, 3.8) is 0 Å². The Balaban J connectivity index is 2.18. The van der Waals surface area contributed by atoms with Gasteiger partial charge in [0.1, 0.15) is 11.3 Å². The van der Waals surface area contributed by atoms with Crippen LogP contribution in [0.15, 0.2) is 24.3 Å². The fourth-order valence-corrected chi connectivity index (χ4v) is 2.89. The Morgan fingerprint density at radius 1 is 1.29 bits per heavy atom. The van der Waals surface area contributed by atoms with Gasteiger partial charge in [-0.2, -0.15) is 0 Å². The number of nitrogens with one attached hydrogen (secondary N) is 1. The summed E-state index contributed by atoms with van der Waals surface area (Å²) in [6.07, 6.45) is 4.57. The number of hydrogen-bond donors (Lipinski definition) is 2. The Kier molecular flexibility index (Phi) is 4.88. The van der Waals surface area contributed by atoms with E-state index in [0.717, 1.165) is 24.2 Å². The molecule has 1 aliphatic rings. The van der Waals surface area contributed by atoms with Crippen LogP contribution in [0.25, 0.3) is 0 Å². The van der Waals surface area contributed by atoms with Crippen molar-refractivity contribution in [3.05, 3.63) is 29.8 Å². The molecule has 4 nitrogen and oxygen atoms in total. The van der Waals surface area contributed by atoms with Gasteiger partial charge in [-0.15, -0.1) is 0 Å². The lowest BCUT2D eigenvalue weighted by molar-refractivity contribution is -0.145. The molecule has 0 amide bonds. The quantitative estimate of drug-likeness (QED) is 0.844. The topological polar surface area (TPSA) is 58.6 Å². The summed E-state index contributed by atoms with van der Waals surface area (Å²) in [5.41, 5.74) is -0.288. The summed E-state index contributed by atoms with van der Waals surface area (Å²) < 4.78 is 5.61. The van der Waals surface area contributed by atoms with Gasteiger partial charge in [-0.1, -0.05) is 25.0 Å². The van der Waals surface area contributed by atoms with Gasteiger partial charge in [0.2, 0.25) is 0 Å². The second kappa shape index (κ2) is 6.48. The smallest absolute Gasteiger partial charge is 0.328 e. The maximum absolute atomic E-state index is 11.8. The molecule has 21 heavy (non-hydrogen) atoms. The lowest BCUT2D eigenvalue weighted by Gasteiger charge is -2.30. The second-order valence-electron chi connectivity index (χ2n) is 6.25. The molecule has 0 radical (unpaired) electrons. The lowest BCUT2D eigenvalue weighted by atomic mass is 9.90. The molecule has 1 aromatic carbocycles. The molecule has 2 rings (SSSR count). The van der Waals surface area contributed by atoms with Crippen LogP contribution in [-0.2, 0) is 10.3 Å². The summed E-state index contributed by atoms with van der Waals surface area (Å²) in [6, 6.07) is 7.65. The number of rotatable bonds is 6. The molecule has 0 aliphatic heterocycles. The molecule has 0 aromatic heterocycles. The van der Waals surface area contributed by atoms with Crippen LogP contribution in [0, 0.1) is 0 Å². The minimum absolute atomic E-state index is 0.110. The molecule has 4 heteroatoms. The first-order chi connectivity index (χ1) is 9.91. The Morgan fingerprint density at radius 2 is 1.86 bits per heavy atom. The van der Waals surface area contributed by atoms with Gasteiger partial charge in [0.25, 0.3) is 0 Å². The highest BCUT2D eigenvalue weighted by atomic mass is 16.5. The highest BCUT2D eigenvalue weighted by molar-refractivity contribution is 5.80. The van der Waals surface area contributed by atoms with E-state index in [2.05, 4.69) is 5.32 Å². The predicted octanol–water partition coefficient (Wildman–Crippen LogP) is 3.31. The van der Waals surface area contributed by atoms with Gasteiger partial charge < -0.3 is 9.84 Å². The van der Waals surface area contributed by atoms with Gasteiger partial charge in [0.15, 0.2) is 0 Å². The molecule has 1 saturated carbocycles. The molecule has 1 unspecified atom stereocenters. The maximum atomic E-state index is 11.8. The van der Waals surface area contributed by atoms with E-state index >= 15 is 0 Å². The highest BCUT2D eigenvalue weighted by Gasteiger charge is 2.37. The van der Waals surface area contributed by atoms with E-state index in [1.807, 2.05) is 38.1 Å². The molecule has 0 spiro atoms. The Morgan fingerprint density at radius 3 is 2.33 bits per heavy atom. The zero-order valence-electron chi connectivity index (χ0n) is 13.1. The number of ether oxygens (including phenoxy) is 1. The van der Waals surface area contributed by atoms with Gasteiger partial charge in [-0.3, -0.25) is 5.32 Å². The molecule has 1 aliphatic carbocycles. The van der Waals surface area contributed by atoms with Crippen LogP contribution >= 0.6 is 0 Å². The van der Waals surface area contributed by atoms with Crippen molar-refractivity contribution in [1.82, 2.24) is 5.32 Å². The van der Waals surface area contributed by atoms with Gasteiger partial charge in [-0.25, -0.2) is 4.79 Å². The highest BCUT2D eigenvalue weighted by Crippen LogP contribution is 2.28. The first-order valence-electron chi connectivity index (χ1n) is 7.70. The monoisotopic (exact) mass is 291 g/mol. The largest absolute Gasteiger partial charge is 0.491 e. The van der Waals surface area contributed by atoms with Crippen LogP contribution in [-0.4, -0.2) is 23.2 Å². The minimum Gasteiger partial charge on any atom is -0.491 e. The third-order valence-corrected chi connectivity index (χ3v) is 4.08. The Hall–Kier alpha value is -1.55. The molecular formula is C17H25NO3. The molecule has 0 heterocycles. The maximum Gasteiger partial charge on any atom is 0.328 e. The van der Waals surface area contributed by atoms with Crippen molar-refractivity contribution in [1.29, 1.82) is 0 Å². The van der Waals surface area contributed by atoms with E-state index in [9.17, 15) is 9.90 Å². The summed E-state index contributed by atoms with van der Waals surface area (Å²) in [4.78, 5) is 11.8. The molecule has 0 bridgehead atoms. The van der Waals surface area contributed by atoms with E-state index in [-0.39, 0.29) is 12.1 Å². The van der Waals surface area contributed by atoms with Gasteiger partial charge in [0, 0.05) is 6.04 Å². The summed E-state index contributed by atoms with van der Waals surface area (Å²) in [7, 11) is 0. The molecule has 1 fully saturated rings. The van der Waals surface area contributed by atoms with Crippen molar-refractivity contribution in [2.24, 2.45) is 0 Å². The van der Waals surface area contributed by atoms with Crippen LogP contribution in [0.4, 0.5) is 0 Å². The molecule has 116 valence electrons. The lowest BCUT2D eigenvalue weighted by Crippen LogP contribution is -2.50. The van der Waals surface area contributed by atoms with E-state index in [1.165, 1.54) is 12.8 Å². The van der Waals surface area contributed by atoms with Crippen molar-refractivity contribution < 1.29 is 14.6 Å². The molecule has 1 aromatic rings. The number of aliphatic carboxylic acids is 1. The average molecular weight is 291 g/mol. The van der Waals surface area contributed by atoms with Crippen LogP contribution in [0.1, 0.15) is 52.0 Å². The number of carboxylic acids is 1. The van der Waals surface area contributed by atoms with E-state index < -0.39 is 11.5 Å². The molecule has 1 atom stereocenters. The zero-order chi connectivity index (χ0) is 15.5. The zero-order valence-corrected chi connectivity index (χ0v) is 13.1. The standard InChI is InChI=1S/C17H25NO3/c1-12(2)21-15-10-8-13(9-11-15)17(3,16(19)20)18-14-6-4-5-7-14/h8-12,14,18H,4-7H2,1-3H3,(H,19,20). The van der Waals surface area contributed by atoms with E-state index in [4.69, 9.17) is 4.74 Å².